The Balaban J connectivity index is 1.89. The lowest BCUT2D eigenvalue weighted by molar-refractivity contribution is -0.144. The Bertz CT molecular complexity index is 648. The Hall–Kier alpha value is -2.88. The van der Waals surface area contributed by atoms with Gasteiger partial charge in [-0.15, -0.1) is 0 Å². The summed E-state index contributed by atoms with van der Waals surface area (Å²) in [6.45, 7) is 1.82. The van der Waals surface area contributed by atoms with E-state index in [1.807, 2.05) is 0 Å². The van der Waals surface area contributed by atoms with Crippen LogP contribution in [0.15, 0.2) is 24.3 Å². The molecule has 2 amide bonds. The highest BCUT2D eigenvalue weighted by molar-refractivity contribution is 5.98. The molecule has 0 spiro atoms. The number of carbonyl (C=O) groups is 3. The number of ether oxygens (including phenoxy) is 1. The van der Waals surface area contributed by atoms with Gasteiger partial charge in [-0.25, -0.2) is 0 Å². The fourth-order valence-electron chi connectivity index (χ4n) is 2.23. The molecule has 0 aliphatic carbocycles. The van der Waals surface area contributed by atoms with Crippen molar-refractivity contribution in [1.29, 1.82) is 5.26 Å². The van der Waals surface area contributed by atoms with Crippen molar-refractivity contribution >= 4 is 23.5 Å². The maximum Gasteiger partial charge on any atom is 0.326 e. The van der Waals surface area contributed by atoms with E-state index in [2.05, 4.69) is 5.32 Å². The molecule has 7 heteroatoms. The second kappa shape index (κ2) is 7.40. The molecule has 1 atom stereocenters. The fraction of sp³-hybridized carbons (Fsp3) is 0.375. The zero-order chi connectivity index (χ0) is 16.8. The van der Waals surface area contributed by atoms with Crippen LogP contribution in [0.25, 0.3) is 0 Å². The average Bonchev–Trinajstić information content (AvgIpc) is 2.98. The number of hydrogen-bond acceptors (Lipinski definition) is 5. The molecular formula is C16H17N3O4. The smallest absolute Gasteiger partial charge is 0.326 e. The van der Waals surface area contributed by atoms with E-state index in [-0.39, 0.29) is 12.5 Å². The van der Waals surface area contributed by atoms with Gasteiger partial charge < -0.3 is 15.0 Å². The Kier molecular flexibility index (Phi) is 5.31. The summed E-state index contributed by atoms with van der Waals surface area (Å²) >= 11 is 0. The maximum absolute atomic E-state index is 11.9. The summed E-state index contributed by atoms with van der Waals surface area (Å²) in [6, 6.07) is 8.36. The number of nitriles is 1. The van der Waals surface area contributed by atoms with Crippen molar-refractivity contribution in [3.63, 3.8) is 0 Å². The first-order valence-electron chi connectivity index (χ1n) is 7.29. The number of amides is 2. The highest BCUT2D eigenvalue weighted by atomic mass is 16.5. The second-order valence-corrected chi connectivity index (χ2v) is 5.14. The van der Waals surface area contributed by atoms with Crippen molar-refractivity contribution in [3.8, 4) is 6.07 Å². The molecule has 0 saturated carbocycles. The summed E-state index contributed by atoms with van der Waals surface area (Å²) in [7, 11) is 0. The molecule has 1 aromatic rings. The molecule has 1 aliphatic rings. The van der Waals surface area contributed by atoms with Gasteiger partial charge in [0.15, 0.2) is 6.10 Å². The molecule has 1 saturated heterocycles. The predicted octanol–water partition coefficient (Wildman–Crippen LogP) is 0.998. The summed E-state index contributed by atoms with van der Waals surface area (Å²) in [5, 5.41) is 11.0. The molecule has 7 nitrogen and oxygen atoms in total. The van der Waals surface area contributed by atoms with Crippen molar-refractivity contribution in [2.75, 3.05) is 18.0 Å². The number of hydrogen-bond donors (Lipinski definition) is 1. The highest BCUT2D eigenvalue weighted by Gasteiger charge is 2.21. The molecular weight excluding hydrogens is 298 g/mol. The molecule has 1 N–H and O–H groups in total. The van der Waals surface area contributed by atoms with Crippen LogP contribution in [0.1, 0.15) is 30.1 Å². The van der Waals surface area contributed by atoms with Gasteiger partial charge in [0.05, 0.1) is 0 Å². The molecule has 0 unspecified atom stereocenters. The Morgan fingerprint density at radius 3 is 2.65 bits per heavy atom. The number of esters is 1. The largest absolute Gasteiger partial charge is 0.446 e. The maximum atomic E-state index is 11.9. The summed E-state index contributed by atoms with van der Waals surface area (Å²) in [6.07, 6.45) is 0.534. The van der Waals surface area contributed by atoms with E-state index in [1.165, 1.54) is 6.92 Å². The predicted molar refractivity (Wildman–Crippen MR) is 81.5 cm³/mol. The Morgan fingerprint density at radius 1 is 1.39 bits per heavy atom. The van der Waals surface area contributed by atoms with Gasteiger partial charge >= 0.3 is 5.97 Å². The minimum absolute atomic E-state index is 0.0801. The third-order valence-corrected chi connectivity index (χ3v) is 3.40. The van der Waals surface area contributed by atoms with Crippen molar-refractivity contribution in [1.82, 2.24) is 5.32 Å². The molecule has 1 heterocycles. The molecule has 0 radical (unpaired) electrons. The first kappa shape index (κ1) is 16.5. The van der Waals surface area contributed by atoms with E-state index in [4.69, 9.17) is 10.00 Å². The van der Waals surface area contributed by atoms with Crippen molar-refractivity contribution < 1.29 is 19.1 Å². The number of carbonyl (C=O) groups excluding carboxylic acids is 3. The van der Waals surface area contributed by atoms with Gasteiger partial charge in [-0.2, -0.15) is 5.26 Å². The SMILES string of the molecule is C[C@H](C#N)OC(=O)CNC(=O)c1ccc(N2CCCC2=O)cc1. The van der Waals surface area contributed by atoms with Crippen LogP contribution < -0.4 is 10.2 Å². The van der Waals surface area contributed by atoms with E-state index in [1.54, 1.807) is 35.2 Å². The monoisotopic (exact) mass is 315 g/mol. The van der Waals surface area contributed by atoms with Crippen molar-refractivity contribution in [2.24, 2.45) is 0 Å². The van der Waals surface area contributed by atoms with Crippen LogP contribution in [0.3, 0.4) is 0 Å². The van der Waals surface area contributed by atoms with Crippen LogP contribution in [-0.2, 0) is 14.3 Å². The van der Waals surface area contributed by atoms with Crippen LogP contribution in [0.2, 0.25) is 0 Å². The Morgan fingerprint density at radius 2 is 2.09 bits per heavy atom. The molecule has 0 aromatic heterocycles. The van der Waals surface area contributed by atoms with Gasteiger partial charge in [-0.3, -0.25) is 14.4 Å². The van der Waals surface area contributed by atoms with Crippen LogP contribution >= 0.6 is 0 Å². The van der Waals surface area contributed by atoms with Gasteiger partial charge in [0.2, 0.25) is 5.91 Å². The van der Waals surface area contributed by atoms with Gasteiger partial charge in [-0.05, 0) is 37.6 Å². The zero-order valence-corrected chi connectivity index (χ0v) is 12.7. The van der Waals surface area contributed by atoms with Gasteiger partial charge in [0.1, 0.15) is 12.6 Å². The lowest BCUT2D eigenvalue weighted by Gasteiger charge is -2.15. The second-order valence-electron chi connectivity index (χ2n) is 5.14. The lowest BCUT2D eigenvalue weighted by atomic mass is 10.2. The molecule has 120 valence electrons. The van der Waals surface area contributed by atoms with Crippen LogP contribution in [0.4, 0.5) is 5.69 Å². The number of nitrogens with one attached hydrogen (secondary N) is 1. The molecule has 23 heavy (non-hydrogen) atoms. The average molecular weight is 315 g/mol. The summed E-state index contributed by atoms with van der Waals surface area (Å²) < 4.78 is 4.73. The Labute approximate surface area is 133 Å². The van der Waals surface area contributed by atoms with Crippen LogP contribution in [0.5, 0.6) is 0 Å². The van der Waals surface area contributed by atoms with E-state index in [9.17, 15) is 14.4 Å². The summed E-state index contributed by atoms with van der Waals surface area (Å²) in [5.74, 6) is -1.02. The molecule has 2 rings (SSSR count). The number of rotatable bonds is 5. The van der Waals surface area contributed by atoms with Gasteiger partial charge in [0.25, 0.3) is 5.91 Å². The van der Waals surface area contributed by atoms with Gasteiger partial charge in [0, 0.05) is 24.2 Å². The number of benzene rings is 1. The summed E-state index contributed by atoms with van der Waals surface area (Å²) in [4.78, 5) is 36.7. The normalized spacial score (nSPS) is 15.0. The minimum atomic E-state index is -0.850. The van der Waals surface area contributed by atoms with Crippen LogP contribution in [0, 0.1) is 11.3 Å². The van der Waals surface area contributed by atoms with E-state index in [0.29, 0.717) is 18.5 Å². The molecule has 1 fully saturated rings. The van der Waals surface area contributed by atoms with Crippen molar-refractivity contribution in [3.05, 3.63) is 29.8 Å². The van der Waals surface area contributed by atoms with E-state index in [0.717, 1.165) is 12.1 Å². The third kappa shape index (κ3) is 4.30. The zero-order valence-electron chi connectivity index (χ0n) is 12.7. The lowest BCUT2D eigenvalue weighted by Crippen LogP contribution is -2.32. The first-order valence-corrected chi connectivity index (χ1v) is 7.29. The first-order chi connectivity index (χ1) is 11.0. The summed E-state index contributed by atoms with van der Waals surface area (Å²) in [5.41, 5.74) is 1.13. The topological polar surface area (TPSA) is 99.5 Å². The molecule has 0 bridgehead atoms. The molecule has 1 aromatic carbocycles. The highest BCUT2D eigenvalue weighted by Crippen LogP contribution is 2.21. The van der Waals surface area contributed by atoms with E-state index < -0.39 is 18.0 Å². The minimum Gasteiger partial charge on any atom is -0.446 e. The van der Waals surface area contributed by atoms with Crippen LogP contribution in [-0.4, -0.2) is 37.0 Å². The van der Waals surface area contributed by atoms with E-state index >= 15 is 0 Å². The van der Waals surface area contributed by atoms with Crippen molar-refractivity contribution in [2.45, 2.75) is 25.9 Å². The number of nitrogens with zero attached hydrogens (tertiary/aromatic N) is 2. The number of anilines is 1. The van der Waals surface area contributed by atoms with Gasteiger partial charge in [-0.1, -0.05) is 0 Å². The quantitative estimate of drug-likeness (QED) is 0.817. The standard InChI is InChI=1S/C16H17N3O4/c1-11(9-17)23-15(21)10-18-16(22)12-4-6-13(7-5-12)19-8-2-3-14(19)20/h4-7,11H,2-3,8,10H2,1H3,(H,18,22)/t11-/m1/s1. The molecule has 1 aliphatic heterocycles. The third-order valence-electron chi connectivity index (χ3n) is 3.40. The fourth-order valence-corrected chi connectivity index (χ4v) is 2.23.